The molecule has 1 saturated heterocycles. The predicted molar refractivity (Wildman–Crippen MR) is 114 cm³/mol. The summed E-state index contributed by atoms with van der Waals surface area (Å²) in [7, 11) is 0. The monoisotopic (exact) mass is 425 g/mol. The number of urea groups is 1. The fraction of sp³-hybridized carbons (Fsp3) is 0.391. The Morgan fingerprint density at radius 3 is 2.45 bits per heavy atom. The van der Waals surface area contributed by atoms with Crippen molar-refractivity contribution < 1.29 is 23.8 Å². The Morgan fingerprint density at radius 1 is 0.968 bits per heavy atom. The van der Waals surface area contributed by atoms with Crippen LogP contribution in [0.25, 0.3) is 0 Å². The molecule has 2 aromatic rings. The standard InChI is InChI=1S/C23H27N3O5/c1-17-2-4-18(5-3-17)14-22(27)25-9-11-26(12-10-25)23(28)24-8-13-29-19-6-7-20-21(15-19)31-16-30-20/h2-7,15H,8-14,16H2,1H3,(H,24,28). The van der Waals surface area contributed by atoms with Crippen molar-refractivity contribution in [1.29, 1.82) is 0 Å². The maximum absolute atomic E-state index is 12.5. The number of benzene rings is 2. The lowest BCUT2D eigenvalue weighted by Gasteiger charge is -2.34. The normalized spacial score (nSPS) is 15.0. The van der Waals surface area contributed by atoms with Gasteiger partial charge in [0.25, 0.3) is 0 Å². The van der Waals surface area contributed by atoms with Gasteiger partial charge in [0.15, 0.2) is 11.5 Å². The van der Waals surface area contributed by atoms with Crippen molar-refractivity contribution in [1.82, 2.24) is 15.1 Å². The van der Waals surface area contributed by atoms with E-state index in [0.717, 1.165) is 5.56 Å². The SMILES string of the molecule is Cc1ccc(CC(=O)N2CCN(C(=O)NCCOc3ccc4c(c3)OCO4)CC2)cc1. The summed E-state index contributed by atoms with van der Waals surface area (Å²) < 4.78 is 16.2. The zero-order valence-electron chi connectivity index (χ0n) is 17.6. The molecule has 164 valence electrons. The van der Waals surface area contributed by atoms with Crippen LogP contribution in [0.5, 0.6) is 17.2 Å². The molecule has 2 heterocycles. The summed E-state index contributed by atoms with van der Waals surface area (Å²) in [5, 5.41) is 2.87. The Bertz CT molecular complexity index is 923. The second-order valence-electron chi connectivity index (χ2n) is 7.63. The van der Waals surface area contributed by atoms with Crippen LogP contribution in [0.1, 0.15) is 11.1 Å². The summed E-state index contributed by atoms with van der Waals surface area (Å²) in [6.07, 6.45) is 0.393. The van der Waals surface area contributed by atoms with Crippen molar-refractivity contribution in [3.8, 4) is 17.2 Å². The molecular weight excluding hydrogens is 398 g/mol. The van der Waals surface area contributed by atoms with Gasteiger partial charge in [0.1, 0.15) is 12.4 Å². The molecule has 2 aliphatic heterocycles. The minimum absolute atomic E-state index is 0.0982. The molecule has 0 unspecified atom stereocenters. The van der Waals surface area contributed by atoms with Gasteiger partial charge in [0.05, 0.1) is 13.0 Å². The van der Waals surface area contributed by atoms with Gasteiger partial charge in [-0.2, -0.15) is 0 Å². The molecule has 8 heteroatoms. The molecule has 0 aliphatic carbocycles. The van der Waals surface area contributed by atoms with E-state index in [1.807, 2.05) is 42.2 Å². The number of hydrogen-bond donors (Lipinski definition) is 1. The van der Waals surface area contributed by atoms with Crippen LogP contribution in [-0.2, 0) is 11.2 Å². The van der Waals surface area contributed by atoms with Gasteiger partial charge < -0.3 is 29.3 Å². The Kier molecular flexibility index (Phi) is 6.45. The molecule has 0 atom stereocenters. The molecule has 4 rings (SSSR count). The number of nitrogens with zero attached hydrogens (tertiary/aromatic N) is 2. The lowest BCUT2D eigenvalue weighted by molar-refractivity contribution is -0.131. The number of rotatable bonds is 6. The molecular formula is C23H27N3O5. The average molecular weight is 425 g/mol. The largest absolute Gasteiger partial charge is 0.492 e. The van der Waals surface area contributed by atoms with Gasteiger partial charge in [-0.15, -0.1) is 0 Å². The number of piperazine rings is 1. The number of aryl methyl sites for hydroxylation is 1. The highest BCUT2D eigenvalue weighted by molar-refractivity contribution is 5.79. The van der Waals surface area contributed by atoms with Crippen molar-refractivity contribution in [3.05, 3.63) is 53.6 Å². The predicted octanol–water partition coefficient (Wildman–Crippen LogP) is 2.20. The number of carbonyl (C=O) groups excluding carboxylic acids is 2. The third-order valence-electron chi connectivity index (χ3n) is 5.39. The summed E-state index contributed by atoms with van der Waals surface area (Å²) in [6, 6.07) is 13.3. The summed E-state index contributed by atoms with van der Waals surface area (Å²) in [5.41, 5.74) is 2.19. The molecule has 2 aliphatic rings. The van der Waals surface area contributed by atoms with E-state index >= 15 is 0 Å². The fourth-order valence-corrected chi connectivity index (χ4v) is 3.56. The van der Waals surface area contributed by atoms with Crippen LogP contribution in [0.3, 0.4) is 0 Å². The van der Waals surface area contributed by atoms with Crippen LogP contribution in [0.2, 0.25) is 0 Å². The van der Waals surface area contributed by atoms with E-state index in [2.05, 4.69) is 5.32 Å². The van der Waals surface area contributed by atoms with E-state index in [9.17, 15) is 9.59 Å². The Hall–Kier alpha value is -3.42. The summed E-state index contributed by atoms with van der Waals surface area (Å²) in [5.74, 6) is 2.13. The van der Waals surface area contributed by atoms with E-state index in [-0.39, 0.29) is 18.7 Å². The van der Waals surface area contributed by atoms with E-state index in [1.165, 1.54) is 5.56 Å². The van der Waals surface area contributed by atoms with Gasteiger partial charge in [0, 0.05) is 32.2 Å². The number of carbonyl (C=O) groups is 2. The molecule has 0 bridgehead atoms. The zero-order chi connectivity index (χ0) is 21.6. The minimum Gasteiger partial charge on any atom is -0.492 e. The molecule has 0 aromatic heterocycles. The topological polar surface area (TPSA) is 80.3 Å². The highest BCUT2D eigenvalue weighted by Crippen LogP contribution is 2.34. The van der Waals surface area contributed by atoms with Crippen LogP contribution >= 0.6 is 0 Å². The zero-order valence-corrected chi connectivity index (χ0v) is 17.6. The first kappa shape index (κ1) is 20.8. The van der Waals surface area contributed by atoms with E-state index < -0.39 is 0 Å². The van der Waals surface area contributed by atoms with Crippen LogP contribution < -0.4 is 19.5 Å². The second kappa shape index (κ2) is 9.59. The van der Waals surface area contributed by atoms with Gasteiger partial charge in [-0.3, -0.25) is 4.79 Å². The molecule has 1 fully saturated rings. The number of amides is 3. The highest BCUT2D eigenvalue weighted by atomic mass is 16.7. The van der Waals surface area contributed by atoms with Crippen LogP contribution in [-0.4, -0.2) is 67.9 Å². The van der Waals surface area contributed by atoms with Crippen LogP contribution in [0.4, 0.5) is 4.79 Å². The maximum atomic E-state index is 12.5. The van der Waals surface area contributed by atoms with Crippen molar-refractivity contribution in [2.75, 3.05) is 46.1 Å². The molecule has 0 saturated carbocycles. The number of nitrogens with one attached hydrogen (secondary N) is 1. The van der Waals surface area contributed by atoms with Crippen molar-refractivity contribution in [3.63, 3.8) is 0 Å². The third-order valence-corrected chi connectivity index (χ3v) is 5.39. The maximum Gasteiger partial charge on any atom is 0.317 e. The van der Waals surface area contributed by atoms with Crippen molar-refractivity contribution in [2.24, 2.45) is 0 Å². The van der Waals surface area contributed by atoms with Crippen LogP contribution in [0.15, 0.2) is 42.5 Å². The molecule has 8 nitrogen and oxygen atoms in total. The quantitative estimate of drug-likeness (QED) is 0.718. The molecule has 0 radical (unpaired) electrons. The average Bonchev–Trinajstić information content (AvgIpc) is 3.26. The Labute approximate surface area is 181 Å². The smallest absolute Gasteiger partial charge is 0.317 e. The number of hydrogen-bond acceptors (Lipinski definition) is 5. The lowest BCUT2D eigenvalue weighted by atomic mass is 10.1. The van der Waals surface area contributed by atoms with E-state index in [0.29, 0.717) is 63.0 Å². The van der Waals surface area contributed by atoms with Gasteiger partial charge in [0.2, 0.25) is 12.7 Å². The Morgan fingerprint density at radius 2 is 1.68 bits per heavy atom. The number of ether oxygens (including phenoxy) is 3. The first-order chi connectivity index (χ1) is 15.1. The second-order valence-corrected chi connectivity index (χ2v) is 7.63. The molecule has 1 N–H and O–H groups in total. The van der Waals surface area contributed by atoms with Gasteiger partial charge >= 0.3 is 6.03 Å². The first-order valence-electron chi connectivity index (χ1n) is 10.5. The van der Waals surface area contributed by atoms with Gasteiger partial charge in [-0.05, 0) is 24.6 Å². The molecule has 2 aromatic carbocycles. The lowest BCUT2D eigenvalue weighted by Crippen LogP contribution is -2.53. The summed E-state index contributed by atoms with van der Waals surface area (Å²) >= 11 is 0. The number of fused-ring (bicyclic) bond motifs is 1. The summed E-state index contributed by atoms with van der Waals surface area (Å²) in [4.78, 5) is 28.5. The Balaban J connectivity index is 1.14. The molecule has 0 spiro atoms. The highest BCUT2D eigenvalue weighted by Gasteiger charge is 2.24. The van der Waals surface area contributed by atoms with Crippen molar-refractivity contribution >= 4 is 11.9 Å². The van der Waals surface area contributed by atoms with Crippen LogP contribution in [0, 0.1) is 6.92 Å². The fourth-order valence-electron chi connectivity index (χ4n) is 3.56. The van der Waals surface area contributed by atoms with Gasteiger partial charge in [-0.1, -0.05) is 29.8 Å². The third kappa shape index (κ3) is 5.39. The van der Waals surface area contributed by atoms with E-state index in [1.54, 1.807) is 17.0 Å². The minimum atomic E-state index is -0.139. The first-order valence-corrected chi connectivity index (χ1v) is 10.5. The van der Waals surface area contributed by atoms with Crippen molar-refractivity contribution in [2.45, 2.75) is 13.3 Å². The van der Waals surface area contributed by atoms with Gasteiger partial charge in [-0.25, -0.2) is 4.79 Å². The molecule has 3 amide bonds. The summed E-state index contributed by atoms with van der Waals surface area (Å²) in [6.45, 7) is 5.12. The molecule has 31 heavy (non-hydrogen) atoms. The van der Waals surface area contributed by atoms with E-state index in [4.69, 9.17) is 14.2 Å².